The molecule has 0 aliphatic heterocycles. The Morgan fingerprint density at radius 2 is 1.87 bits per heavy atom. The third kappa shape index (κ3) is 3.63. The van der Waals surface area contributed by atoms with E-state index in [-0.39, 0.29) is 11.7 Å². The number of halogens is 3. The molecule has 0 fully saturated rings. The summed E-state index contributed by atoms with van der Waals surface area (Å²) in [5, 5.41) is 4.78. The molecule has 0 N–H and O–H groups in total. The molecule has 0 aliphatic carbocycles. The lowest BCUT2D eigenvalue weighted by molar-refractivity contribution is 0.176. The molecule has 7 heteroatoms. The second-order valence-corrected chi connectivity index (χ2v) is 5.64. The highest BCUT2D eigenvalue weighted by Crippen LogP contribution is 2.31. The fourth-order valence-electron chi connectivity index (χ4n) is 1.93. The molecule has 0 amide bonds. The van der Waals surface area contributed by atoms with E-state index in [9.17, 15) is 4.39 Å². The van der Waals surface area contributed by atoms with Crippen LogP contribution >= 0.6 is 23.2 Å². The molecule has 1 atom stereocenters. The molecular weight excluding hydrogens is 342 g/mol. The predicted octanol–water partition coefficient (Wildman–Crippen LogP) is 5.32. The highest BCUT2D eigenvalue weighted by Gasteiger charge is 2.18. The number of aromatic nitrogens is 2. The number of benzene rings is 2. The molecule has 0 radical (unpaired) electrons. The van der Waals surface area contributed by atoms with Crippen LogP contribution in [0, 0.1) is 5.82 Å². The summed E-state index contributed by atoms with van der Waals surface area (Å²) in [6, 6.07) is 10.7. The largest absolute Gasteiger partial charge is 0.479 e. The van der Waals surface area contributed by atoms with Gasteiger partial charge in [-0.05, 0) is 49.4 Å². The zero-order valence-electron chi connectivity index (χ0n) is 12.0. The van der Waals surface area contributed by atoms with E-state index in [0.29, 0.717) is 27.2 Å². The highest BCUT2D eigenvalue weighted by molar-refractivity contribution is 6.35. The summed E-state index contributed by atoms with van der Waals surface area (Å²) in [4.78, 5) is 4.26. The molecule has 1 heterocycles. The Bertz CT molecular complexity index is 821. The van der Waals surface area contributed by atoms with Crippen molar-refractivity contribution >= 4 is 23.2 Å². The van der Waals surface area contributed by atoms with E-state index in [1.807, 2.05) is 0 Å². The zero-order valence-corrected chi connectivity index (χ0v) is 13.5. The average Bonchev–Trinajstić information content (AvgIpc) is 3.01. The van der Waals surface area contributed by atoms with Gasteiger partial charge in [0.1, 0.15) is 11.6 Å². The van der Waals surface area contributed by atoms with Crippen molar-refractivity contribution in [2.24, 2.45) is 0 Å². The first-order chi connectivity index (χ1) is 11.0. The molecule has 0 aliphatic rings. The summed E-state index contributed by atoms with van der Waals surface area (Å²) < 4.78 is 23.8. The van der Waals surface area contributed by atoms with Crippen LogP contribution in [0.1, 0.15) is 18.9 Å². The van der Waals surface area contributed by atoms with Crippen molar-refractivity contribution < 1.29 is 13.7 Å². The van der Waals surface area contributed by atoms with Crippen molar-refractivity contribution in [1.29, 1.82) is 0 Å². The Kier molecular flexibility index (Phi) is 4.50. The Labute approximate surface area is 141 Å². The van der Waals surface area contributed by atoms with Gasteiger partial charge in [-0.3, -0.25) is 0 Å². The van der Waals surface area contributed by atoms with Crippen LogP contribution in [0.25, 0.3) is 11.4 Å². The molecule has 0 saturated heterocycles. The standard InChI is InChI=1S/C16H11Cl2FN2O2/c1-9(22-14-7-4-11(17)8-13(14)18)16-20-15(21-23-16)10-2-5-12(19)6-3-10/h2-9H,1H3. The van der Waals surface area contributed by atoms with E-state index in [1.54, 1.807) is 37.3 Å². The quantitative estimate of drug-likeness (QED) is 0.637. The normalized spacial score (nSPS) is 12.2. The van der Waals surface area contributed by atoms with Crippen LogP contribution in [0.5, 0.6) is 5.75 Å². The van der Waals surface area contributed by atoms with Gasteiger partial charge >= 0.3 is 0 Å². The maximum atomic E-state index is 12.9. The summed E-state index contributed by atoms with van der Waals surface area (Å²) in [6.07, 6.45) is -0.504. The van der Waals surface area contributed by atoms with Crippen molar-refractivity contribution in [2.45, 2.75) is 13.0 Å². The van der Waals surface area contributed by atoms with Crippen LogP contribution in [-0.2, 0) is 0 Å². The molecule has 3 aromatic rings. The van der Waals surface area contributed by atoms with E-state index in [2.05, 4.69) is 10.1 Å². The molecule has 1 aromatic heterocycles. The van der Waals surface area contributed by atoms with Crippen LogP contribution in [0.15, 0.2) is 47.0 Å². The van der Waals surface area contributed by atoms with Gasteiger partial charge < -0.3 is 9.26 Å². The summed E-state index contributed by atoms with van der Waals surface area (Å²) in [5.41, 5.74) is 0.651. The minimum Gasteiger partial charge on any atom is -0.479 e. The van der Waals surface area contributed by atoms with Crippen molar-refractivity contribution in [2.75, 3.05) is 0 Å². The van der Waals surface area contributed by atoms with Gasteiger partial charge in [-0.1, -0.05) is 28.4 Å². The third-order valence-corrected chi connectivity index (χ3v) is 3.62. The zero-order chi connectivity index (χ0) is 16.4. The molecule has 4 nitrogen and oxygen atoms in total. The second kappa shape index (κ2) is 6.56. The molecule has 0 spiro atoms. The van der Waals surface area contributed by atoms with E-state index in [4.69, 9.17) is 32.5 Å². The number of hydrogen-bond donors (Lipinski definition) is 0. The maximum Gasteiger partial charge on any atom is 0.267 e. The molecule has 3 rings (SSSR count). The molecule has 118 valence electrons. The van der Waals surface area contributed by atoms with Gasteiger partial charge in [0.2, 0.25) is 5.82 Å². The lowest BCUT2D eigenvalue weighted by Crippen LogP contribution is -2.03. The van der Waals surface area contributed by atoms with Crippen LogP contribution < -0.4 is 4.74 Å². The Hall–Kier alpha value is -2.11. The fourth-order valence-corrected chi connectivity index (χ4v) is 2.38. The van der Waals surface area contributed by atoms with E-state index < -0.39 is 6.10 Å². The first kappa shape index (κ1) is 15.8. The number of nitrogens with zero attached hydrogens (tertiary/aromatic N) is 2. The summed E-state index contributed by atoms with van der Waals surface area (Å²) >= 11 is 11.9. The van der Waals surface area contributed by atoms with Crippen molar-refractivity contribution in [3.63, 3.8) is 0 Å². The molecular formula is C16H11Cl2FN2O2. The number of ether oxygens (including phenoxy) is 1. The number of hydrogen-bond acceptors (Lipinski definition) is 4. The Morgan fingerprint density at radius 1 is 1.13 bits per heavy atom. The molecule has 1 unspecified atom stereocenters. The van der Waals surface area contributed by atoms with E-state index >= 15 is 0 Å². The maximum absolute atomic E-state index is 12.9. The van der Waals surface area contributed by atoms with Crippen LogP contribution in [0.2, 0.25) is 10.0 Å². The second-order valence-electron chi connectivity index (χ2n) is 4.80. The van der Waals surface area contributed by atoms with Gasteiger partial charge in [-0.2, -0.15) is 4.98 Å². The Balaban J connectivity index is 1.78. The lowest BCUT2D eigenvalue weighted by Gasteiger charge is -2.12. The third-order valence-electron chi connectivity index (χ3n) is 3.09. The predicted molar refractivity (Wildman–Crippen MR) is 85.2 cm³/mol. The summed E-state index contributed by atoms with van der Waals surface area (Å²) in [7, 11) is 0. The van der Waals surface area contributed by atoms with Crippen LogP contribution in [-0.4, -0.2) is 10.1 Å². The molecule has 0 saturated carbocycles. The minimum absolute atomic E-state index is 0.287. The summed E-state index contributed by atoms with van der Waals surface area (Å²) in [6.45, 7) is 1.76. The first-order valence-corrected chi connectivity index (χ1v) is 7.50. The average molecular weight is 353 g/mol. The van der Waals surface area contributed by atoms with Crippen molar-refractivity contribution in [3.05, 3.63) is 64.2 Å². The first-order valence-electron chi connectivity index (χ1n) is 6.74. The highest BCUT2D eigenvalue weighted by atomic mass is 35.5. The van der Waals surface area contributed by atoms with Gasteiger partial charge in [-0.15, -0.1) is 0 Å². The molecule has 0 bridgehead atoms. The smallest absolute Gasteiger partial charge is 0.267 e. The van der Waals surface area contributed by atoms with E-state index in [0.717, 1.165) is 0 Å². The molecule has 2 aromatic carbocycles. The van der Waals surface area contributed by atoms with Gasteiger partial charge in [0.25, 0.3) is 5.89 Å². The van der Waals surface area contributed by atoms with Gasteiger partial charge in [0.05, 0.1) is 5.02 Å². The van der Waals surface area contributed by atoms with Crippen LogP contribution in [0.4, 0.5) is 4.39 Å². The van der Waals surface area contributed by atoms with Crippen LogP contribution in [0.3, 0.4) is 0 Å². The van der Waals surface area contributed by atoms with Crippen molar-refractivity contribution in [1.82, 2.24) is 10.1 Å². The van der Waals surface area contributed by atoms with E-state index in [1.165, 1.54) is 12.1 Å². The topological polar surface area (TPSA) is 48.2 Å². The fraction of sp³-hybridized carbons (Fsp3) is 0.125. The summed E-state index contributed by atoms with van der Waals surface area (Å²) in [5.74, 6) is 0.782. The Morgan fingerprint density at radius 3 is 2.57 bits per heavy atom. The monoisotopic (exact) mass is 352 g/mol. The number of rotatable bonds is 4. The minimum atomic E-state index is -0.504. The molecule has 23 heavy (non-hydrogen) atoms. The van der Waals surface area contributed by atoms with Gasteiger partial charge in [-0.25, -0.2) is 4.39 Å². The van der Waals surface area contributed by atoms with Gasteiger partial charge in [0, 0.05) is 10.6 Å². The lowest BCUT2D eigenvalue weighted by atomic mass is 10.2. The van der Waals surface area contributed by atoms with Gasteiger partial charge in [0.15, 0.2) is 6.10 Å². The SMILES string of the molecule is CC(Oc1ccc(Cl)cc1Cl)c1nc(-c2ccc(F)cc2)no1. The van der Waals surface area contributed by atoms with Crippen molar-refractivity contribution in [3.8, 4) is 17.1 Å².